The van der Waals surface area contributed by atoms with Gasteiger partial charge in [0.25, 0.3) is 0 Å². The van der Waals surface area contributed by atoms with Crippen molar-refractivity contribution in [1.82, 2.24) is 4.31 Å². The summed E-state index contributed by atoms with van der Waals surface area (Å²) in [5.41, 5.74) is 0. The molecule has 4 nitrogen and oxygen atoms in total. The van der Waals surface area contributed by atoms with Crippen molar-refractivity contribution in [1.29, 1.82) is 5.26 Å². The maximum Gasteiger partial charge on any atom is 0.246 e. The van der Waals surface area contributed by atoms with Crippen LogP contribution < -0.4 is 0 Å². The lowest BCUT2D eigenvalue weighted by Crippen LogP contribution is -2.32. The number of rotatable bonds is 5. The fraction of sp³-hybridized carbons (Fsp3) is 0.364. The Hall–Kier alpha value is -1.52. The lowest BCUT2D eigenvalue weighted by molar-refractivity contribution is 0.438. The largest absolute Gasteiger partial charge is 0.246 e. The highest BCUT2D eigenvalue weighted by Crippen LogP contribution is 2.20. The molecule has 7 heteroatoms. The third kappa shape index (κ3) is 3.03. The maximum atomic E-state index is 13.5. The van der Waals surface area contributed by atoms with E-state index >= 15 is 0 Å². The van der Waals surface area contributed by atoms with Crippen LogP contribution in [0.15, 0.2) is 23.1 Å². The summed E-state index contributed by atoms with van der Waals surface area (Å²) < 4.78 is 51.2. The first-order valence-electron chi connectivity index (χ1n) is 5.25. The van der Waals surface area contributed by atoms with Crippen LogP contribution in [0.1, 0.15) is 13.3 Å². The Balaban J connectivity index is 3.22. The predicted molar refractivity (Wildman–Crippen MR) is 61.0 cm³/mol. The van der Waals surface area contributed by atoms with Crippen molar-refractivity contribution in [2.75, 3.05) is 13.1 Å². The molecule has 1 aromatic carbocycles. The smallest absolute Gasteiger partial charge is 0.207 e. The van der Waals surface area contributed by atoms with Gasteiger partial charge in [-0.25, -0.2) is 17.2 Å². The number of hydrogen-bond donors (Lipinski definition) is 0. The molecular weight excluding hydrogens is 262 g/mol. The molecule has 0 aliphatic rings. The van der Waals surface area contributed by atoms with Gasteiger partial charge in [-0.05, 0) is 18.6 Å². The minimum Gasteiger partial charge on any atom is -0.207 e. The van der Waals surface area contributed by atoms with Crippen LogP contribution in [0.25, 0.3) is 0 Å². The van der Waals surface area contributed by atoms with Crippen LogP contribution in [-0.2, 0) is 10.0 Å². The Morgan fingerprint density at radius 2 is 2.06 bits per heavy atom. The number of hydrogen-bond acceptors (Lipinski definition) is 3. The van der Waals surface area contributed by atoms with Crippen LogP contribution in [0, 0.1) is 23.0 Å². The second kappa shape index (κ2) is 5.89. The summed E-state index contributed by atoms with van der Waals surface area (Å²) in [4.78, 5) is -0.618. The molecule has 0 saturated carbocycles. The van der Waals surface area contributed by atoms with E-state index < -0.39 is 26.6 Å². The Labute approximate surface area is 105 Å². The molecule has 1 rings (SSSR count). The molecule has 0 atom stereocenters. The summed E-state index contributed by atoms with van der Waals surface area (Å²) in [6.07, 6.45) is 0.490. The predicted octanol–water partition coefficient (Wildman–Crippen LogP) is 1.89. The van der Waals surface area contributed by atoms with E-state index in [1.165, 1.54) is 0 Å². The van der Waals surface area contributed by atoms with Crippen molar-refractivity contribution < 1.29 is 17.2 Å². The molecule has 0 aliphatic heterocycles. The van der Waals surface area contributed by atoms with Crippen molar-refractivity contribution in [2.45, 2.75) is 18.2 Å². The summed E-state index contributed by atoms with van der Waals surface area (Å²) in [6.45, 7) is 1.47. The minimum atomic E-state index is -4.10. The summed E-state index contributed by atoms with van der Waals surface area (Å²) in [6, 6.07) is 3.94. The third-order valence-corrected chi connectivity index (χ3v) is 4.11. The third-order valence-electron chi connectivity index (χ3n) is 2.23. The molecule has 0 bridgehead atoms. The Morgan fingerprint density at radius 1 is 1.39 bits per heavy atom. The minimum absolute atomic E-state index is 0.104. The lowest BCUT2D eigenvalue weighted by Gasteiger charge is -2.18. The summed E-state index contributed by atoms with van der Waals surface area (Å²) in [5.74, 6) is -2.01. The Morgan fingerprint density at radius 3 is 2.56 bits per heavy atom. The first kappa shape index (κ1) is 14.5. The second-order valence-electron chi connectivity index (χ2n) is 3.57. The highest BCUT2D eigenvalue weighted by atomic mass is 32.2. The molecule has 0 amide bonds. The Bertz CT molecular complexity index is 567. The van der Waals surface area contributed by atoms with E-state index in [-0.39, 0.29) is 13.1 Å². The highest BCUT2D eigenvalue weighted by molar-refractivity contribution is 7.89. The number of benzene rings is 1. The Kier molecular flexibility index (Phi) is 4.76. The van der Waals surface area contributed by atoms with Crippen LogP contribution in [0.4, 0.5) is 8.78 Å². The summed E-state index contributed by atoms with van der Waals surface area (Å²) in [5, 5.41) is 8.58. The van der Waals surface area contributed by atoms with Gasteiger partial charge in [0.05, 0.1) is 6.07 Å². The number of nitriles is 1. The fourth-order valence-corrected chi connectivity index (χ4v) is 2.91. The molecule has 0 heterocycles. The maximum absolute atomic E-state index is 13.5. The van der Waals surface area contributed by atoms with Gasteiger partial charge in [-0.2, -0.15) is 9.57 Å². The average molecular weight is 274 g/mol. The number of nitrogens with zero attached hydrogens (tertiary/aromatic N) is 2. The van der Waals surface area contributed by atoms with Gasteiger partial charge in [0.2, 0.25) is 10.0 Å². The van der Waals surface area contributed by atoms with Gasteiger partial charge in [-0.3, -0.25) is 0 Å². The van der Waals surface area contributed by atoms with E-state index in [4.69, 9.17) is 5.26 Å². The van der Waals surface area contributed by atoms with Gasteiger partial charge in [-0.15, -0.1) is 0 Å². The molecule has 18 heavy (non-hydrogen) atoms. The standard InChI is InChI=1S/C11H12F2N2O2S/c1-2-6-15(7-5-14)18(16,17)11-4-3-9(12)8-10(11)13/h3-4,8H,2,6-7H2,1H3. The van der Waals surface area contributed by atoms with Gasteiger partial charge in [0.15, 0.2) is 0 Å². The first-order chi connectivity index (χ1) is 8.43. The van der Waals surface area contributed by atoms with Gasteiger partial charge in [0, 0.05) is 12.6 Å². The molecule has 0 radical (unpaired) electrons. The molecule has 98 valence electrons. The van der Waals surface area contributed by atoms with Gasteiger partial charge >= 0.3 is 0 Å². The van der Waals surface area contributed by atoms with Gasteiger partial charge in [0.1, 0.15) is 23.1 Å². The molecule has 0 N–H and O–H groups in total. The molecule has 0 fully saturated rings. The first-order valence-corrected chi connectivity index (χ1v) is 6.69. The number of halogens is 2. The SMILES string of the molecule is CCCN(CC#N)S(=O)(=O)c1ccc(F)cc1F. The zero-order valence-corrected chi connectivity index (χ0v) is 10.5. The van der Waals surface area contributed by atoms with Gasteiger partial charge in [-0.1, -0.05) is 6.92 Å². The molecule has 0 aromatic heterocycles. The zero-order valence-electron chi connectivity index (χ0n) is 9.73. The van der Waals surface area contributed by atoms with Crippen LogP contribution in [0.5, 0.6) is 0 Å². The summed E-state index contributed by atoms with van der Waals surface area (Å²) in [7, 11) is -4.10. The molecule has 0 unspecified atom stereocenters. The molecule has 1 aromatic rings. The van der Waals surface area contributed by atoms with Crippen LogP contribution in [0.2, 0.25) is 0 Å². The number of sulfonamides is 1. The van der Waals surface area contributed by atoms with Crippen molar-refractivity contribution in [2.24, 2.45) is 0 Å². The molecule has 0 saturated heterocycles. The monoisotopic (exact) mass is 274 g/mol. The van der Waals surface area contributed by atoms with Crippen molar-refractivity contribution >= 4 is 10.0 Å². The van der Waals surface area contributed by atoms with Crippen molar-refractivity contribution in [3.63, 3.8) is 0 Å². The fourth-order valence-electron chi connectivity index (χ4n) is 1.44. The van der Waals surface area contributed by atoms with E-state index in [1.54, 1.807) is 13.0 Å². The zero-order chi connectivity index (χ0) is 13.8. The van der Waals surface area contributed by atoms with E-state index in [9.17, 15) is 17.2 Å². The highest BCUT2D eigenvalue weighted by Gasteiger charge is 2.26. The van der Waals surface area contributed by atoms with E-state index in [1.807, 2.05) is 0 Å². The topological polar surface area (TPSA) is 61.2 Å². The average Bonchev–Trinajstić information content (AvgIpc) is 2.28. The van der Waals surface area contributed by atoms with Crippen LogP contribution >= 0.6 is 0 Å². The van der Waals surface area contributed by atoms with E-state index in [2.05, 4.69) is 0 Å². The van der Waals surface area contributed by atoms with E-state index in [0.29, 0.717) is 12.5 Å². The van der Waals surface area contributed by atoms with Crippen molar-refractivity contribution in [3.8, 4) is 6.07 Å². The quantitative estimate of drug-likeness (QED) is 0.770. The summed E-state index contributed by atoms with van der Waals surface area (Å²) >= 11 is 0. The molecule has 0 aliphatic carbocycles. The van der Waals surface area contributed by atoms with E-state index in [0.717, 1.165) is 16.4 Å². The molecule has 0 spiro atoms. The second-order valence-corrected chi connectivity index (χ2v) is 5.48. The van der Waals surface area contributed by atoms with Gasteiger partial charge < -0.3 is 0 Å². The lowest BCUT2D eigenvalue weighted by atomic mass is 10.3. The molecular formula is C11H12F2N2O2S. The van der Waals surface area contributed by atoms with Crippen LogP contribution in [-0.4, -0.2) is 25.8 Å². The van der Waals surface area contributed by atoms with Crippen LogP contribution in [0.3, 0.4) is 0 Å². The van der Waals surface area contributed by atoms with Crippen molar-refractivity contribution in [3.05, 3.63) is 29.8 Å². The normalized spacial score (nSPS) is 11.5.